The van der Waals surface area contributed by atoms with Crippen molar-refractivity contribution in [1.29, 1.82) is 0 Å². The highest BCUT2D eigenvalue weighted by Gasteiger charge is 2.42. The summed E-state index contributed by atoms with van der Waals surface area (Å²) in [4.78, 5) is 49.2. The van der Waals surface area contributed by atoms with E-state index >= 15 is 0 Å². The molecule has 1 atom stereocenters. The van der Waals surface area contributed by atoms with Crippen LogP contribution in [0.1, 0.15) is 208 Å². The first-order valence-electron chi connectivity index (χ1n) is 35.1. The van der Waals surface area contributed by atoms with Gasteiger partial charge in [-0.2, -0.15) is 0 Å². The Morgan fingerprint density at radius 3 is 1.33 bits per heavy atom. The molecule has 0 aliphatic carbocycles. The van der Waals surface area contributed by atoms with Gasteiger partial charge >= 0.3 is 24.1 Å². The van der Waals surface area contributed by atoms with Gasteiger partial charge < -0.3 is 67.5 Å². The summed E-state index contributed by atoms with van der Waals surface area (Å²) in [5.41, 5.74) is -1.72. The van der Waals surface area contributed by atoms with Gasteiger partial charge in [-0.25, -0.2) is 19.2 Å². The normalized spacial score (nSPS) is 13.0. The van der Waals surface area contributed by atoms with Crippen LogP contribution in [0.5, 0.6) is 23.0 Å². The molecule has 3 rings (SSSR count). The lowest BCUT2D eigenvalue weighted by atomic mass is 9.73. The smallest absolute Gasteiger partial charge is 0.412 e. The molecule has 2 amide bonds. The molecule has 97 heavy (non-hydrogen) atoms. The van der Waals surface area contributed by atoms with E-state index in [0.717, 1.165) is 68.6 Å². The van der Waals surface area contributed by atoms with Crippen molar-refractivity contribution in [1.82, 2.24) is 10.6 Å². The molecule has 3 aromatic carbocycles. The molecular formula is C79H124N2O16. The Bertz CT molecular complexity index is 2840. The number of carbonyl (C=O) groups excluding carboxylic acids is 4. The minimum absolute atomic E-state index is 0.185. The van der Waals surface area contributed by atoms with Crippen molar-refractivity contribution in [2.75, 3.05) is 79.2 Å². The van der Waals surface area contributed by atoms with Crippen LogP contribution in [0.2, 0.25) is 0 Å². The summed E-state index contributed by atoms with van der Waals surface area (Å²) in [5, 5.41) is 5.69. The highest BCUT2D eigenvalue weighted by atomic mass is 16.6. The van der Waals surface area contributed by atoms with Gasteiger partial charge in [0.15, 0.2) is 0 Å². The Hall–Kier alpha value is -6.60. The molecule has 0 radical (unpaired) electrons. The average Bonchev–Trinajstić information content (AvgIpc) is 0.835. The van der Waals surface area contributed by atoms with Crippen molar-refractivity contribution >= 4 is 24.1 Å². The molecule has 0 heterocycles. The molecule has 0 fully saturated rings. The number of hydrogen-bond donors (Lipinski definition) is 2. The number of esters is 2. The van der Waals surface area contributed by atoms with Gasteiger partial charge in [0, 0.05) is 61.9 Å². The van der Waals surface area contributed by atoms with Crippen molar-refractivity contribution in [2.45, 2.75) is 236 Å². The summed E-state index contributed by atoms with van der Waals surface area (Å²) in [7, 11) is 0. The lowest BCUT2D eigenvalue weighted by Gasteiger charge is -2.44. The largest absolute Gasteiger partial charge is 0.493 e. The Labute approximate surface area is 583 Å². The zero-order chi connectivity index (χ0) is 72.2. The fourth-order valence-electron chi connectivity index (χ4n) is 9.70. The van der Waals surface area contributed by atoms with Crippen LogP contribution in [-0.2, 0) is 47.5 Å². The first-order valence-corrected chi connectivity index (χ1v) is 35.1. The third-order valence-electron chi connectivity index (χ3n) is 18.4. The predicted octanol–water partition coefficient (Wildman–Crippen LogP) is 17.7. The zero-order valence-corrected chi connectivity index (χ0v) is 62.5. The number of amides is 2. The van der Waals surface area contributed by atoms with Crippen molar-refractivity contribution in [3.63, 3.8) is 0 Å². The number of para-hydroxylation sites is 2. The fourth-order valence-corrected chi connectivity index (χ4v) is 9.70. The van der Waals surface area contributed by atoms with E-state index in [0.29, 0.717) is 126 Å². The first-order chi connectivity index (χ1) is 45.6. The van der Waals surface area contributed by atoms with Crippen molar-refractivity contribution in [2.24, 2.45) is 16.7 Å². The Morgan fingerprint density at radius 2 is 0.856 bits per heavy atom. The maximum atomic E-state index is 13.1. The minimum Gasteiger partial charge on any atom is -0.493 e. The van der Waals surface area contributed by atoms with Crippen molar-refractivity contribution in [3.05, 3.63) is 121 Å². The van der Waals surface area contributed by atoms with Gasteiger partial charge in [0.25, 0.3) is 0 Å². The molecule has 3 aromatic rings. The van der Waals surface area contributed by atoms with Crippen LogP contribution in [0.4, 0.5) is 9.59 Å². The Morgan fingerprint density at radius 1 is 0.423 bits per heavy atom. The number of unbranched alkanes of at least 4 members (excludes halogenated alkanes) is 6. The number of rotatable bonds is 51. The van der Waals surface area contributed by atoms with Gasteiger partial charge in [0.2, 0.25) is 0 Å². The number of benzene rings is 3. The monoisotopic (exact) mass is 1360 g/mol. The molecule has 0 bridgehead atoms. The second-order valence-corrected chi connectivity index (χ2v) is 29.5. The van der Waals surface area contributed by atoms with Crippen LogP contribution in [0.3, 0.4) is 0 Å². The third-order valence-corrected chi connectivity index (χ3v) is 18.4. The van der Waals surface area contributed by atoms with Crippen LogP contribution < -0.4 is 29.6 Å². The van der Waals surface area contributed by atoms with Crippen LogP contribution in [0, 0.1) is 16.7 Å². The maximum Gasteiger partial charge on any atom is 0.412 e. The van der Waals surface area contributed by atoms with Crippen LogP contribution >= 0.6 is 0 Å². The van der Waals surface area contributed by atoms with E-state index in [4.69, 9.17) is 56.8 Å². The van der Waals surface area contributed by atoms with Gasteiger partial charge in [-0.05, 0) is 201 Å². The SMILES string of the molecule is C=C(C)C(=O)OCCCCCNC(=O)OC(C)=C(COc1ccccc1)COC(C)(C)C(C)(C)CCCCOC(C)(C)CCOc1cccc(OCCC(C)(C)OCCCCC(C)(C)C(C)(C)OCC(COc2ccccc2)C(C)(C)OC(=O)NCCCCCOC(=O)C(=C)C)c1. The van der Waals surface area contributed by atoms with Crippen LogP contribution in [0.15, 0.2) is 121 Å². The van der Waals surface area contributed by atoms with E-state index in [1.165, 1.54) is 0 Å². The summed E-state index contributed by atoms with van der Waals surface area (Å²) >= 11 is 0. The van der Waals surface area contributed by atoms with Crippen LogP contribution in [-0.4, -0.2) is 131 Å². The quantitative estimate of drug-likeness (QED) is 0.0177. The second-order valence-electron chi connectivity index (χ2n) is 29.5. The van der Waals surface area contributed by atoms with E-state index in [-0.39, 0.29) is 42.2 Å². The highest BCUT2D eigenvalue weighted by molar-refractivity contribution is 5.87. The molecule has 0 spiro atoms. The fraction of sp³-hybridized carbons (Fsp3) is 0.646. The predicted molar refractivity (Wildman–Crippen MR) is 384 cm³/mol. The lowest BCUT2D eigenvalue weighted by Crippen LogP contribution is -2.48. The molecule has 18 nitrogen and oxygen atoms in total. The number of carbonyl (C=O) groups is 4. The molecule has 0 aliphatic heterocycles. The van der Waals surface area contributed by atoms with Gasteiger partial charge in [0.1, 0.15) is 41.0 Å². The molecule has 1 unspecified atom stereocenters. The van der Waals surface area contributed by atoms with E-state index in [2.05, 4.69) is 107 Å². The molecule has 2 N–H and O–H groups in total. The van der Waals surface area contributed by atoms with E-state index < -0.39 is 46.5 Å². The molecule has 0 saturated heterocycles. The molecule has 0 aromatic heterocycles. The minimum atomic E-state index is -0.925. The molecule has 546 valence electrons. The standard InChI is InChI=1S/C79H124N2O16/c1-60(2)69(82)88-49-32-22-30-47-80-71(84)96-62(5)63(56-90-65-37-24-20-25-38-65)57-94-78(16,17)73(6,7)43-28-34-51-92-75(10,11)45-53-86-67-41-36-42-68(55-67)87-54-46-76(12,13)93-52-35-29-44-74(8,9)79(18,19)95-59-64(58-91-66-39-26-21-27-40-66)77(14,15)97-72(85)81-48-31-23-33-50-89-70(83)61(3)4/h20-21,24-27,36-42,55,64H,1,3,22-23,28-35,43-54,56-59H2,2,4-19H3,(H,80,84)(H,81,85). The molecule has 0 saturated carbocycles. The number of ether oxygens (including phenoxy) is 12. The van der Waals surface area contributed by atoms with Crippen LogP contribution in [0.25, 0.3) is 0 Å². The van der Waals surface area contributed by atoms with Crippen molar-refractivity contribution in [3.8, 4) is 23.0 Å². The molecular weight excluding hydrogens is 1230 g/mol. The number of allylic oxidation sites excluding steroid dienone is 1. The first kappa shape index (κ1) is 84.6. The molecule has 0 aliphatic rings. The third kappa shape index (κ3) is 34.6. The second kappa shape index (κ2) is 42.4. The van der Waals surface area contributed by atoms with Gasteiger partial charge in [-0.1, -0.05) is 96.2 Å². The number of alkyl carbamates (subject to hydrolysis) is 2. The van der Waals surface area contributed by atoms with Gasteiger partial charge in [-0.15, -0.1) is 0 Å². The number of nitrogens with one attached hydrogen (secondary N) is 2. The Balaban J connectivity index is 1.38. The average molecular weight is 1360 g/mol. The van der Waals surface area contributed by atoms with E-state index in [1.54, 1.807) is 20.8 Å². The lowest BCUT2D eigenvalue weighted by molar-refractivity contribution is -0.140. The summed E-state index contributed by atoms with van der Waals surface area (Å²) < 4.78 is 73.2. The van der Waals surface area contributed by atoms with E-state index in [1.807, 2.05) is 98.8 Å². The van der Waals surface area contributed by atoms with Gasteiger partial charge in [0.05, 0.1) is 74.6 Å². The summed E-state index contributed by atoms with van der Waals surface area (Å²) in [6, 6.07) is 26.9. The number of hydrogen-bond acceptors (Lipinski definition) is 16. The summed E-state index contributed by atoms with van der Waals surface area (Å²) in [5.74, 6) is 2.24. The van der Waals surface area contributed by atoms with E-state index in [9.17, 15) is 19.2 Å². The van der Waals surface area contributed by atoms with Crippen molar-refractivity contribution < 1.29 is 76.0 Å². The summed E-state index contributed by atoms with van der Waals surface area (Å²) in [6.07, 6.45) is 10.2. The highest BCUT2D eigenvalue weighted by Crippen LogP contribution is 2.41. The zero-order valence-electron chi connectivity index (χ0n) is 62.5. The summed E-state index contributed by atoms with van der Waals surface area (Å²) in [6.45, 7) is 46.4. The maximum absolute atomic E-state index is 13.1. The Kier molecular flexibility index (Phi) is 37.0. The topological polar surface area (TPSA) is 203 Å². The van der Waals surface area contributed by atoms with Gasteiger partial charge in [-0.3, -0.25) is 0 Å². The molecule has 18 heteroatoms.